The number of piperazine rings is 1. The van der Waals surface area contributed by atoms with Crippen LogP contribution in [0.1, 0.15) is 24.2 Å². The van der Waals surface area contributed by atoms with Gasteiger partial charge in [0, 0.05) is 51.4 Å². The molecule has 5 rings (SSSR count). The first-order valence-electron chi connectivity index (χ1n) is 11.6. The van der Waals surface area contributed by atoms with Crippen molar-refractivity contribution < 1.29 is 4.79 Å². The van der Waals surface area contributed by atoms with Crippen molar-refractivity contribution in [2.75, 3.05) is 31.1 Å². The molecule has 0 bridgehead atoms. The van der Waals surface area contributed by atoms with Crippen LogP contribution in [0.5, 0.6) is 0 Å². The van der Waals surface area contributed by atoms with Crippen LogP contribution in [-0.4, -0.2) is 56.5 Å². The maximum atomic E-state index is 12.8. The SMILES string of the molecule is O=C(CCCc1nc2cccnc2n1Cc1ccccc1)N1CCN(c2ccccn2)CC1. The van der Waals surface area contributed by atoms with Crippen molar-refractivity contribution in [3.63, 3.8) is 0 Å². The molecule has 1 fully saturated rings. The zero-order chi connectivity index (χ0) is 22.5. The van der Waals surface area contributed by atoms with Crippen molar-refractivity contribution in [3.8, 4) is 0 Å². The molecule has 1 aromatic carbocycles. The van der Waals surface area contributed by atoms with Gasteiger partial charge in [-0.15, -0.1) is 0 Å². The van der Waals surface area contributed by atoms with Gasteiger partial charge in [0.25, 0.3) is 0 Å². The van der Waals surface area contributed by atoms with E-state index in [9.17, 15) is 4.79 Å². The Bertz CT molecular complexity index is 1200. The van der Waals surface area contributed by atoms with Crippen LogP contribution in [0, 0.1) is 0 Å². The fourth-order valence-corrected chi connectivity index (χ4v) is 4.41. The molecular weight excluding hydrogens is 412 g/mol. The van der Waals surface area contributed by atoms with Crippen LogP contribution < -0.4 is 4.90 Å². The van der Waals surface area contributed by atoms with Gasteiger partial charge in [0.15, 0.2) is 5.65 Å². The highest BCUT2D eigenvalue weighted by Gasteiger charge is 2.22. The van der Waals surface area contributed by atoms with Gasteiger partial charge in [-0.2, -0.15) is 0 Å². The molecule has 1 amide bonds. The predicted molar refractivity (Wildman–Crippen MR) is 129 cm³/mol. The lowest BCUT2D eigenvalue weighted by molar-refractivity contribution is -0.131. The fourth-order valence-electron chi connectivity index (χ4n) is 4.41. The second-order valence-electron chi connectivity index (χ2n) is 8.36. The van der Waals surface area contributed by atoms with Crippen LogP contribution in [0.15, 0.2) is 73.1 Å². The molecule has 168 valence electrons. The highest BCUT2D eigenvalue weighted by Crippen LogP contribution is 2.18. The zero-order valence-electron chi connectivity index (χ0n) is 18.7. The number of anilines is 1. The molecule has 1 aliphatic rings. The van der Waals surface area contributed by atoms with E-state index in [4.69, 9.17) is 4.98 Å². The monoisotopic (exact) mass is 440 g/mol. The largest absolute Gasteiger partial charge is 0.353 e. The number of carbonyl (C=O) groups excluding carboxylic acids is 1. The molecular formula is C26H28N6O. The van der Waals surface area contributed by atoms with Gasteiger partial charge in [0.2, 0.25) is 5.91 Å². The van der Waals surface area contributed by atoms with Crippen LogP contribution in [0.4, 0.5) is 5.82 Å². The summed E-state index contributed by atoms with van der Waals surface area (Å²) in [6, 6.07) is 20.2. The lowest BCUT2D eigenvalue weighted by Crippen LogP contribution is -2.49. The number of carbonyl (C=O) groups is 1. The van der Waals surface area contributed by atoms with Gasteiger partial charge in [0.1, 0.15) is 17.2 Å². The van der Waals surface area contributed by atoms with E-state index in [0.29, 0.717) is 6.42 Å². The van der Waals surface area contributed by atoms with Gasteiger partial charge in [0.05, 0.1) is 6.54 Å². The van der Waals surface area contributed by atoms with E-state index in [1.54, 1.807) is 0 Å². The van der Waals surface area contributed by atoms with Crippen molar-refractivity contribution in [2.45, 2.75) is 25.8 Å². The topological polar surface area (TPSA) is 67.2 Å². The van der Waals surface area contributed by atoms with E-state index < -0.39 is 0 Å². The summed E-state index contributed by atoms with van der Waals surface area (Å²) in [6.07, 6.45) is 5.68. The predicted octanol–water partition coefficient (Wildman–Crippen LogP) is 3.55. The molecule has 33 heavy (non-hydrogen) atoms. The molecule has 1 saturated heterocycles. The number of nitrogens with zero attached hydrogens (tertiary/aromatic N) is 6. The second kappa shape index (κ2) is 9.81. The van der Waals surface area contributed by atoms with Gasteiger partial charge in [-0.25, -0.2) is 15.0 Å². The standard InChI is InChI=1S/C26H28N6O/c33-25(31-18-16-30(17-19-31)23-11-4-5-14-27-23)13-6-12-24-29-22-10-7-15-28-26(22)32(24)20-21-8-2-1-3-9-21/h1-5,7-11,14-15H,6,12-13,16-20H2. The number of aromatic nitrogens is 4. The summed E-state index contributed by atoms with van der Waals surface area (Å²) >= 11 is 0. The van der Waals surface area contributed by atoms with Crippen LogP contribution >= 0.6 is 0 Å². The Morgan fingerprint density at radius 3 is 2.42 bits per heavy atom. The quantitative estimate of drug-likeness (QED) is 0.440. The smallest absolute Gasteiger partial charge is 0.222 e. The first-order valence-corrected chi connectivity index (χ1v) is 11.6. The lowest BCUT2D eigenvalue weighted by Gasteiger charge is -2.35. The molecule has 0 saturated carbocycles. The lowest BCUT2D eigenvalue weighted by atomic mass is 10.2. The second-order valence-corrected chi connectivity index (χ2v) is 8.36. The Balaban J connectivity index is 1.19. The molecule has 7 nitrogen and oxygen atoms in total. The number of rotatable bonds is 7. The van der Waals surface area contributed by atoms with E-state index in [0.717, 1.165) is 68.4 Å². The number of pyridine rings is 2. The van der Waals surface area contributed by atoms with Crippen molar-refractivity contribution in [1.29, 1.82) is 0 Å². The van der Waals surface area contributed by atoms with Gasteiger partial charge in [-0.1, -0.05) is 36.4 Å². The van der Waals surface area contributed by atoms with Crippen LogP contribution in [-0.2, 0) is 17.8 Å². The molecule has 4 aromatic rings. The molecule has 0 radical (unpaired) electrons. The summed E-state index contributed by atoms with van der Waals surface area (Å²) < 4.78 is 2.18. The van der Waals surface area contributed by atoms with E-state index >= 15 is 0 Å². The number of hydrogen-bond acceptors (Lipinski definition) is 5. The maximum absolute atomic E-state index is 12.8. The summed E-state index contributed by atoms with van der Waals surface area (Å²) in [5.74, 6) is 2.19. The number of aryl methyl sites for hydroxylation is 1. The normalized spacial score (nSPS) is 14.1. The Morgan fingerprint density at radius 2 is 1.64 bits per heavy atom. The third-order valence-corrected chi connectivity index (χ3v) is 6.16. The molecule has 1 aliphatic heterocycles. The third-order valence-electron chi connectivity index (χ3n) is 6.16. The summed E-state index contributed by atoms with van der Waals surface area (Å²) in [5, 5.41) is 0. The maximum Gasteiger partial charge on any atom is 0.222 e. The van der Waals surface area contributed by atoms with Gasteiger partial charge < -0.3 is 14.4 Å². The highest BCUT2D eigenvalue weighted by molar-refractivity contribution is 5.76. The van der Waals surface area contributed by atoms with Crippen LogP contribution in [0.2, 0.25) is 0 Å². The number of benzene rings is 1. The van der Waals surface area contributed by atoms with Crippen molar-refractivity contribution in [3.05, 3.63) is 84.4 Å². The van der Waals surface area contributed by atoms with Gasteiger partial charge in [-0.3, -0.25) is 4.79 Å². The summed E-state index contributed by atoms with van der Waals surface area (Å²) in [4.78, 5) is 30.9. The zero-order valence-corrected chi connectivity index (χ0v) is 18.7. The average Bonchev–Trinajstić information content (AvgIpc) is 3.22. The van der Waals surface area contributed by atoms with E-state index in [-0.39, 0.29) is 5.91 Å². The number of amides is 1. The van der Waals surface area contributed by atoms with Gasteiger partial charge in [-0.05, 0) is 36.2 Å². The van der Waals surface area contributed by atoms with E-state index in [1.807, 2.05) is 65.8 Å². The third kappa shape index (κ3) is 4.87. The summed E-state index contributed by atoms with van der Waals surface area (Å²) in [7, 11) is 0. The number of hydrogen-bond donors (Lipinski definition) is 0. The van der Waals surface area contributed by atoms with Crippen LogP contribution in [0.3, 0.4) is 0 Å². The minimum atomic E-state index is 0.222. The molecule has 0 atom stereocenters. The number of imidazole rings is 1. The summed E-state index contributed by atoms with van der Waals surface area (Å²) in [6.45, 7) is 3.85. The van der Waals surface area contributed by atoms with E-state index in [1.165, 1.54) is 5.56 Å². The molecule has 0 spiro atoms. The Kier molecular flexibility index (Phi) is 6.28. The highest BCUT2D eigenvalue weighted by atomic mass is 16.2. The molecule has 0 N–H and O–H groups in total. The Hall–Kier alpha value is -3.74. The van der Waals surface area contributed by atoms with Crippen molar-refractivity contribution in [1.82, 2.24) is 24.4 Å². The number of fused-ring (bicyclic) bond motifs is 1. The molecule has 7 heteroatoms. The first-order chi connectivity index (χ1) is 16.3. The molecule has 4 heterocycles. The fraction of sp³-hybridized carbons (Fsp3) is 0.308. The van der Waals surface area contributed by atoms with E-state index in [2.05, 4.69) is 31.6 Å². The molecule has 0 aliphatic carbocycles. The minimum Gasteiger partial charge on any atom is -0.353 e. The minimum absolute atomic E-state index is 0.222. The Labute approximate surface area is 193 Å². The van der Waals surface area contributed by atoms with Gasteiger partial charge >= 0.3 is 0 Å². The molecule has 0 unspecified atom stereocenters. The Morgan fingerprint density at radius 1 is 0.848 bits per heavy atom. The van der Waals surface area contributed by atoms with Crippen LogP contribution in [0.25, 0.3) is 11.2 Å². The average molecular weight is 441 g/mol. The first kappa shape index (κ1) is 21.1. The van der Waals surface area contributed by atoms with Crippen molar-refractivity contribution in [2.24, 2.45) is 0 Å². The summed E-state index contributed by atoms with van der Waals surface area (Å²) in [5.41, 5.74) is 3.01. The van der Waals surface area contributed by atoms with Crippen molar-refractivity contribution >= 4 is 22.9 Å². The molecule has 3 aromatic heterocycles.